The molecule has 2 aliphatic rings. The van der Waals surface area contributed by atoms with E-state index in [0.29, 0.717) is 0 Å². The summed E-state index contributed by atoms with van der Waals surface area (Å²) in [6.07, 6.45) is 7.69. The maximum absolute atomic E-state index is 6.22. The molecular weight excluding hydrogens is 324 g/mol. The summed E-state index contributed by atoms with van der Waals surface area (Å²) in [6.45, 7) is 4.66. The molecule has 0 aliphatic heterocycles. The zero-order valence-corrected chi connectivity index (χ0v) is 14.6. The molecule has 2 fully saturated rings. The Balaban J connectivity index is 1.81. The minimum atomic E-state index is 0.266. The largest absolute Gasteiger partial charge is 0.371 e. The van der Waals surface area contributed by atoms with E-state index in [1.165, 1.54) is 54.5 Å². The molecule has 3 heteroatoms. The quantitative estimate of drug-likeness (QED) is 0.754. The van der Waals surface area contributed by atoms with E-state index in [0.717, 1.165) is 24.7 Å². The average Bonchev–Trinajstić information content (AvgIpc) is 3.34. The molecule has 3 rings (SSSR count). The minimum Gasteiger partial charge on any atom is -0.371 e. The van der Waals surface area contributed by atoms with E-state index in [2.05, 4.69) is 46.0 Å². The Kier molecular flexibility index (Phi) is 4.90. The average molecular weight is 351 g/mol. The van der Waals surface area contributed by atoms with Gasteiger partial charge in [0, 0.05) is 29.3 Å². The van der Waals surface area contributed by atoms with Gasteiger partial charge in [0.1, 0.15) is 0 Å². The van der Waals surface area contributed by atoms with Crippen molar-refractivity contribution < 1.29 is 0 Å². The van der Waals surface area contributed by atoms with Gasteiger partial charge >= 0.3 is 0 Å². The fraction of sp³-hybridized carbons (Fsp3) is 0.667. The molecule has 1 aromatic carbocycles. The Morgan fingerprint density at radius 2 is 1.81 bits per heavy atom. The van der Waals surface area contributed by atoms with Crippen molar-refractivity contribution >= 4 is 21.6 Å². The van der Waals surface area contributed by atoms with Crippen LogP contribution in [0.1, 0.15) is 44.6 Å². The molecule has 2 nitrogen and oxygen atoms in total. The second-order valence-electron chi connectivity index (χ2n) is 6.94. The SMILES string of the molecule is CCC(N)Cc1cc(Br)ccc1N(CC1CC1)CC1CC1. The lowest BCUT2D eigenvalue weighted by Crippen LogP contribution is -2.30. The molecule has 0 saturated heterocycles. The second-order valence-corrected chi connectivity index (χ2v) is 7.85. The molecule has 116 valence electrons. The first-order valence-corrected chi connectivity index (χ1v) is 9.24. The summed E-state index contributed by atoms with van der Waals surface area (Å²) >= 11 is 3.62. The van der Waals surface area contributed by atoms with Gasteiger partial charge in [-0.25, -0.2) is 0 Å². The summed E-state index contributed by atoms with van der Waals surface area (Å²) in [7, 11) is 0. The van der Waals surface area contributed by atoms with Crippen molar-refractivity contribution in [3.63, 3.8) is 0 Å². The van der Waals surface area contributed by atoms with Gasteiger partial charge in [-0.1, -0.05) is 22.9 Å². The van der Waals surface area contributed by atoms with Crippen molar-refractivity contribution in [2.24, 2.45) is 17.6 Å². The van der Waals surface area contributed by atoms with Gasteiger partial charge in [-0.05, 0) is 74.1 Å². The van der Waals surface area contributed by atoms with Crippen LogP contribution < -0.4 is 10.6 Å². The zero-order chi connectivity index (χ0) is 14.8. The highest BCUT2D eigenvalue weighted by atomic mass is 79.9. The normalized spacial score (nSPS) is 19.6. The molecule has 0 bridgehead atoms. The summed E-state index contributed by atoms with van der Waals surface area (Å²) < 4.78 is 1.17. The second kappa shape index (κ2) is 6.70. The fourth-order valence-electron chi connectivity index (χ4n) is 2.95. The van der Waals surface area contributed by atoms with E-state index in [9.17, 15) is 0 Å². The third kappa shape index (κ3) is 4.46. The maximum Gasteiger partial charge on any atom is 0.0400 e. The van der Waals surface area contributed by atoms with Crippen LogP contribution in [0.3, 0.4) is 0 Å². The number of hydrogen-bond donors (Lipinski definition) is 1. The van der Waals surface area contributed by atoms with E-state index in [1.54, 1.807) is 0 Å². The van der Waals surface area contributed by atoms with Crippen molar-refractivity contribution in [1.29, 1.82) is 0 Å². The van der Waals surface area contributed by atoms with Crippen LogP contribution >= 0.6 is 15.9 Å². The highest BCUT2D eigenvalue weighted by molar-refractivity contribution is 9.10. The monoisotopic (exact) mass is 350 g/mol. The predicted molar refractivity (Wildman–Crippen MR) is 93.8 cm³/mol. The van der Waals surface area contributed by atoms with E-state index in [-0.39, 0.29) is 6.04 Å². The molecule has 0 heterocycles. The van der Waals surface area contributed by atoms with Crippen LogP contribution in [0.15, 0.2) is 22.7 Å². The molecule has 2 N–H and O–H groups in total. The van der Waals surface area contributed by atoms with Gasteiger partial charge in [0.15, 0.2) is 0 Å². The molecule has 2 aliphatic carbocycles. The molecule has 21 heavy (non-hydrogen) atoms. The lowest BCUT2D eigenvalue weighted by atomic mass is 10.0. The van der Waals surface area contributed by atoms with Crippen LogP contribution in [0.25, 0.3) is 0 Å². The van der Waals surface area contributed by atoms with Crippen LogP contribution in [0.5, 0.6) is 0 Å². The van der Waals surface area contributed by atoms with E-state index < -0.39 is 0 Å². The maximum atomic E-state index is 6.22. The number of nitrogens with zero attached hydrogens (tertiary/aromatic N) is 1. The summed E-state index contributed by atoms with van der Waals surface area (Å²) in [5.74, 6) is 1.86. The van der Waals surface area contributed by atoms with Crippen molar-refractivity contribution in [2.45, 2.75) is 51.5 Å². The summed E-state index contributed by atoms with van der Waals surface area (Å²) in [4.78, 5) is 2.65. The molecule has 1 atom stereocenters. The number of rotatable bonds is 8. The van der Waals surface area contributed by atoms with Gasteiger partial charge in [0.2, 0.25) is 0 Å². The molecule has 2 saturated carbocycles. The number of hydrogen-bond acceptors (Lipinski definition) is 2. The van der Waals surface area contributed by atoms with E-state index in [1.807, 2.05) is 0 Å². The number of nitrogens with two attached hydrogens (primary N) is 1. The highest BCUT2D eigenvalue weighted by Crippen LogP contribution is 2.37. The Morgan fingerprint density at radius 1 is 1.19 bits per heavy atom. The molecule has 1 unspecified atom stereocenters. The van der Waals surface area contributed by atoms with Crippen LogP contribution in [-0.2, 0) is 6.42 Å². The van der Waals surface area contributed by atoms with Gasteiger partial charge in [-0.15, -0.1) is 0 Å². The van der Waals surface area contributed by atoms with Gasteiger partial charge in [0.05, 0.1) is 0 Å². The predicted octanol–water partition coefficient (Wildman–Crippen LogP) is 4.36. The minimum absolute atomic E-state index is 0.266. The van der Waals surface area contributed by atoms with Crippen LogP contribution in [0.2, 0.25) is 0 Å². The van der Waals surface area contributed by atoms with Crippen molar-refractivity contribution in [3.8, 4) is 0 Å². The first-order valence-electron chi connectivity index (χ1n) is 8.44. The lowest BCUT2D eigenvalue weighted by molar-refractivity contribution is 0.636. The number of benzene rings is 1. The van der Waals surface area contributed by atoms with E-state index >= 15 is 0 Å². The Hall–Kier alpha value is -0.540. The summed E-state index contributed by atoms with van der Waals surface area (Å²) in [5.41, 5.74) is 9.07. The highest BCUT2D eigenvalue weighted by Gasteiger charge is 2.30. The van der Waals surface area contributed by atoms with Crippen LogP contribution in [-0.4, -0.2) is 19.1 Å². The zero-order valence-electron chi connectivity index (χ0n) is 13.0. The molecule has 1 aromatic rings. The summed E-state index contributed by atoms with van der Waals surface area (Å²) in [5, 5.41) is 0. The van der Waals surface area contributed by atoms with Gasteiger partial charge in [-0.2, -0.15) is 0 Å². The molecular formula is C18H27BrN2. The first-order chi connectivity index (χ1) is 10.2. The van der Waals surface area contributed by atoms with Crippen molar-refractivity contribution in [2.75, 3.05) is 18.0 Å². The van der Waals surface area contributed by atoms with Crippen LogP contribution in [0.4, 0.5) is 5.69 Å². The molecule has 0 spiro atoms. The molecule has 0 amide bonds. The fourth-order valence-corrected chi connectivity index (χ4v) is 3.36. The topological polar surface area (TPSA) is 29.3 Å². The lowest BCUT2D eigenvalue weighted by Gasteiger charge is -2.28. The number of anilines is 1. The third-order valence-corrected chi connectivity index (χ3v) is 5.23. The first kappa shape index (κ1) is 15.4. The summed E-state index contributed by atoms with van der Waals surface area (Å²) in [6, 6.07) is 7.02. The molecule has 0 radical (unpaired) electrons. The van der Waals surface area contributed by atoms with Crippen molar-refractivity contribution in [3.05, 3.63) is 28.2 Å². The third-order valence-electron chi connectivity index (χ3n) is 4.74. The Bertz CT molecular complexity index is 466. The molecule has 0 aromatic heterocycles. The van der Waals surface area contributed by atoms with Crippen LogP contribution in [0, 0.1) is 11.8 Å². The Labute approximate surface area is 137 Å². The standard InChI is InChI=1S/C18H27BrN2/c1-2-17(20)10-15-9-16(19)7-8-18(15)21(11-13-3-4-13)12-14-5-6-14/h7-9,13-14,17H,2-6,10-12,20H2,1H3. The Morgan fingerprint density at radius 3 is 2.33 bits per heavy atom. The van der Waals surface area contributed by atoms with Gasteiger partial charge < -0.3 is 10.6 Å². The smallest absolute Gasteiger partial charge is 0.0400 e. The van der Waals surface area contributed by atoms with Gasteiger partial charge in [0.25, 0.3) is 0 Å². The van der Waals surface area contributed by atoms with Gasteiger partial charge in [-0.3, -0.25) is 0 Å². The number of halogens is 1. The van der Waals surface area contributed by atoms with E-state index in [4.69, 9.17) is 5.73 Å². The van der Waals surface area contributed by atoms with Crippen molar-refractivity contribution in [1.82, 2.24) is 0 Å².